The summed E-state index contributed by atoms with van der Waals surface area (Å²) in [5.74, 6) is 0.157. The molecule has 4 N–H and O–H groups in total. The second-order valence-corrected chi connectivity index (χ2v) is 21.4. The van der Waals surface area contributed by atoms with Gasteiger partial charge in [0.15, 0.2) is 0 Å². The first-order chi connectivity index (χ1) is 38.5. The molecule has 0 unspecified atom stereocenters. The molecule has 16 heteroatoms. The molecule has 5 aromatic carbocycles. The fourth-order valence-electron chi connectivity index (χ4n) is 8.68. The van der Waals surface area contributed by atoms with Crippen LogP contribution in [0.15, 0.2) is 133 Å². The third kappa shape index (κ3) is 13.0. The number of anilines is 3. The molecule has 16 nitrogen and oxygen atoms in total. The molecule has 0 spiro atoms. The zero-order chi connectivity index (χ0) is 56.6. The van der Waals surface area contributed by atoms with Crippen molar-refractivity contribution in [2.45, 2.75) is 68.4 Å². The SMILES string of the molecule is CC(C)COc1cc(C(=O)Nc2ccccc2)nc2c1ccc1c(OCC(C)C)cc(C(=O)Nc3ccccc3NC(=O)c3cc(OCC(C)C)c4ccc5c(OCC(C)C)cc(C(=O)N[C@H](C)c6ccccc6)nc5c4n3)nc12. The van der Waals surface area contributed by atoms with Gasteiger partial charge in [-0.1, -0.05) is 116 Å². The van der Waals surface area contributed by atoms with Crippen LogP contribution in [0, 0.1) is 23.7 Å². The molecule has 80 heavy (non-hydrogen) atoms. The molecule has 1 atom stereocenters. The molecule has 0 bridgehead atoms. The van der Waals surface area contributed by atoms with Crippen LogP contribution < -0.4 is 40.2 Å². The smallest absolute Gasteiger partial charge is 0.274 e. The highest BCUT2D eigenvalue weighted by Gasteiger charge is 2.25. The second kappa shape index (κ2) is 24.7. The summed E-state index contributed by atoms with van der Waals surface area (Å²) < 4.78 is 25.4. The van der Waals surface area contributed by atoms with Crippen LogP contribution in [-0.2, 0) is 0 Å². The lowest BCUT2D eigenvalue weighted by Gasteiger charge is -2.18. The Hall–Kier alpha value is -9.18. The van der Waals surface area contributed by atoms with Crippen LogP contribution in [0.5, 0.6) is 23.0 Å². The molecule has 0 aliphatic carbocycles. The van der Waals surface area contributed by atoms with Crippen molar-refractivity contribution >= 4 is 84.3 Å². The van der Waals surface area contributed by atoms with Crippen LogP contribution >= 0.6 is 0 Å². The van der Waals surface area contributed by atoms with Gasteiger partial charge in [0.05, 0.1) is 43.8 Å². The standard InChI is InChI=1S/C64H66N8O8/c1-36(2)32-77-53-28-49(61(73)65-40(9)41-18-12-10-13-19-41)67-57-43(53)24-26-45-55(79-34-38(5)6)30-51(69-59(45)57)63(75)71-47-22-16-17-23-48(47)72-64(76)52-31-56(80-35-39(7)8)46-27-25-44-54(78-33-37(3)4)29-50(68-58(44)60(46)70-52)62(74)66-42-20-14-11-15-21-42/h10-31,36-40H,32-35H2,1-9H3,(H,65,73)(H,66,74)(H,71,75)(H,72,76)/t40-/m1/s1. The summed E-state index contributed by atoms with van der Waals surface area (Å²) in [5.41, 5.74) is 3.50. The van der Waals surface area contributed by atoms with Gasteiger partial charge in [0.25, 0.3) is 23.6 Å². The molecule has 9 aromatic rings. The monoisotopic (exact) mass is 1070 g/mol. The summed E-state index contributed by atoms with van der Waals surface area (Å²) in [7, 11) is 0. The highest BCUT2D eigenvalue weighted by molar-refractivity contribution is 6.15. The van der Waals surface area contributed by atoms with Gasteiger partial charge in [-0.3, -0.25) is 19.2 Å². The Morgan fingerprint density at radius 1 is 0.375 bits per heavy atom. The minimum Gasteiger partial charge on any atom is -0.493 e. The number of pyridine rings is 4. The summed E-state index contributed by atoms with van der Waals surface area (Å²) in [6, 6.07) is 39.0. The zero-order valence-corrected chi connectivity index (χ0v) is 46.5. The summed E-state index contributed by atoms with van der Waals surface area (Å²) in [5, 5.41) is 14.3. The van der Waals surface area contributed by atoms with Gasteiger partial charge in [-0.2, -0.15) is 0 Å². The van der Waals surface area contributed by atoms with Crippen molar-refractivity contribution in [3.63, 3.8) is 0 Å². The van der Waals surface area contributed by atoms with Crippen LogP contribution in [-0.4, -0.2) is 70.0 Å². The molecular weight excluding hydrogens is 1010 g/mol. The van der Waals surface area contributed by atoms with Crippen molar-refractivity contribution in [2.75, 3.05) is 42.4 Å². The largest absolute Gasteiger partial charge is 0.493 e. The van der Waals surface area contributed by atoms with Crippen LogP contribution in [0.25, 0.3) is 43.6 Å². The number of para-hydroxylation sites is 3. The number of hydrogen-bond donors (Lipinski definition) is 4. The molecule has 0 aliphatic heterocycles. The first-order valence-electron chi connectivity index (χ1n) is 27.0. The normalized spacial score (nSPS) is 11.9. The maximum atomic E-state index is 14.7. The van der Waals surface area contributed by atoms with Gasteiger partial charge < -0.3 is 40.2 Å². The van der Waals surface area contributed by atoms with Gasteiger partial charge in [-0.15, -0.1) is 0 Å². The molecule has 4 heterocycles. The lowest BCUT2D eigenvalue weighted by molar-refractivity contribution is 0.0932. The maximum absolute atomic E-state index is 14.7. The van der Waals surface area contributed by atoms with E-state index in [1.807, 2.05) is 135 Å². The Morgan fingerprint density at radius 3 is 1.01 bits per heavy atom. The van der Waals surface area contributed by atoms with Gasteiger partial charge >= 0.3 is 0 Å². The Kier molecular flexibility index (Phi) is 17.1. The van der Waals surface area contributed by atoms with E-state index in [2.05, 4.69) is 21.3 Å². The van der Waals surface area contributed by atoms with Crippen molar-refractivity contribution in [1.29, 1.82) is 0 Å². The summed E-state index contributed by atoms with van der Waals surface area (Å²) in [4.78, 5) is 76.8. The van der Waals surface area contributed by atoms with Crippen LogP contribution in [0.4, 0.5) is 17.1 Å². The number of carbonyl (C=O) groups excluding carboxylic acids is 4. The first-order valence-corrected chi connectivity index (χ1v) is 27.0. The number of nitrogens with one attached hydrogen (secondary N) is 4. The molecule has 9 rings (SSSR count). The molecule has 4 amide bonds. The molecule has 410 valence electrons. The van der Waals surface area contributed by atoms with Gasteiger partial charge in [0.2, 0.25) is 0 Å². The average molecular weight is 1080 g/mol. The van der Waals surface area contributed by atoms with Gasteiger partial charge in [-0.25, -0.2) is 19.9 Å². The number of rotatable bonds is 21. The Labute approximate surface area is 465 Å². The van der Waals surface area contributed by atoms with Crippen molar-refractivity contribution < 1.29 is 38.1 Å². The number of aromatic nitrogens is 4. The van der Waals surface area contributed by atoms with Crippen molar-refractivity contribution in [2.24, 2.45) is 23.7 Å². The number of ether oxygens (including phenoxy) is 4. The minimum absolute atomic E-state index is 0.0139. The number of fused-ring (bicyclic) bond motifs is 6. The van der Waals surface area contributed by atoms with E-state index in [1.165, 1.54) is 0 Å². The van der Waals surface area contributed by atoms with E-state index in [0.717, 1.165) is 5.56 Å². The van der Waals surface area contributed by atoms with E-state index >= 15 is 0 Å². The number of nitrogens with zero attached hydrogens (tertiary/aromatic N) is 4. The van der Waals surface area contributed by atoms with E-state index in [-0.39, 0.29) is 63.9 Å². The molecular formula is C64H66N8O8. The van der Waals surface area contributed by atoms with E-state index in [0.29, 0.717) is 98.7 Å². The first kappa shape index (κ1) is 55.6. The zero-order valence-electron chi connectivity index (χ0n) is 46.5. The minimum atomic E-state index is -0.617. The maximum Gasteiger partial charge on any atom is 0.274 e. The Morgan fingerprint density at radius 2 is 0.675 bits per heavy atom. The van der Waals surface area contributed by atoms with Crippen LogP contribution in [0.2, 0.25) is 0 Å². The number of hydrogen-bond acceptors (Lipinski definition) is 12. The Balaban J connectivity index is 1.09. The fraction of sp³-hybridized carbons (Fsp3) is 0.281. The number of carbonyl (C=O) groups is 4. The topological polar surface area (TPSA) is 205 Å². The van der Waals surface area contributed by atoms with Crippen molar-refractivity contribution in [3.8, 4) is 23.0 Å². The molecule has 0 saturated carbocycles. The third-order valence-electron chi connectivity index (χ3n) is 12.7. The van der Waals surface area contributed by atoms with Crippen molar-refractivity contribution in [3.05, 3.63) is 162 Å². The van der Waals surface area contributed by atoms with E-state index in [1.54, 1.807) is 60.7 Å². The molecule has 0 aliphatic rings. The van der Waals surface area contributed by atoms with Crippen molar-refractivity contribution in [1.82, 2.24) is 25.3 Å². The highest BCUT2D eigenvalue weighted by Crippen LogP contribution is 2.38. The predicted octanol–water partition coefficient (Wildman–Crippen LogP) is 13.3. The van der Waals surface area contributed by atoms with Crippen LogP contribution in [0.1, 0.15) is 116 Å². The molecule has 0 saturated heterocycles. The van der Waals surface area contributed by atoms with Crippen LogP contribution in [0.3, 0.4) is 0 Å². The summed E-state index contributed by atoms with van der Waals surface area (Å²) in [6.45, 7) is 19.5. The lowest BCUT2D eigenvalue weighted by Crippen LogP contribution is -2.27. The van der Waals surface area contributed by atoms with Gasteiger partial charge in [0, 0.05) is 51.5 Å². The number of benzene rings is 5. The molecule has 0 radical (unpaired) electrons. The third-order valence-corrected chi connectivity index (χ3v) is 12.7. The number of amides is 4. The molecule has 4 aromatic heterocycles. The average Bonchev–Trinajstić information content (AvgIpc) is 3.44. The van der Waals surface area contributed by atoms with E-state index < -0.39 is 23.6 Å². The van der Waals surface area contributed by atoms with Gasteiger partial charge in [0.1, 0.15) is 67.8 Å². The van der Waals surface area contributed by atoms with E-state index in [9.17, 15) is 19.2 Å². The summed E-state index contributed by atoms with van der Waals surface area (Å²) in [6.07, 6.45) is 0. The highest BCUT2D eigenvalue weighted by atomic mass is 16.5. The predicted molar refractivity (Wildman–Crippen MR) is 314 cm³/mol. The molecule has 0 fully saturated rings. The Bertz CT molecular complexity index is 3760. The lowest BCUT2D eigenvalue weighted by atomic mass is 10.1. The van der Waals surface area contributed by atoms with E-state index in [4.69, 9.17) is 38.9 Å². The van der Waals surface area contributed by atoms with Gasteiger partial charge in [-0.05, 0) is 84.7 Å². The second-order valence-electron chi connectivity index (χ2n) is 21.4. The quantitative estimate of drug-likeness (QED) is 0.0496. The summed E-state index contributed by atoms with van der Waals surface area (Å²) >= 11 is 0. The fourth-order valence-corrected chi connectivity index (χ4v) is 8.68.